The van der Waals surface area contributed by atoms with Crippen LogP contribution in [0.15, 0.2) is 0 Å². The van der Waals surface area contributed by atoms with E-state index in [-0.39, 0.29) is 11.7 Å². The summed E-state index contributed by atoms with van der Waals surface area (Å²) < 4.78 is 0. The largest absolute Gasteiger partial charge is 0.322 e. The molecule has 1 amide bonds. The van der Waals surface area contributed by atoms with Crippen molar-refractivity contribution in [1.29, 1.82) is 0 Å². The van der Waals surface area contributed by atoms with E-state index in [1.54, 1.807) is 0 Å². The predicted molar refractivity (Wildman–Crippen MR) is 77.7 cm³/mol. The Labute approximate surface area is 115 Å². The molecule has 0 radical (unpaired) electrons. The molecule has 3 nitrogen and oxygen atoms in total. The van der Waals surface area contributed by atoms with E-state index in [9.17, 15) is 4.79 Å². The maximum absolute atomic E-state index is 12.7. The standard InChI is InChI=1S/C14H26N2OS/c1-5-14(4)13(17)16(10(3)15-14)11-8-7-9-12(11)18-6-2/h10-12,15H,5-9H2,1-4H3. The zero-order valence-corrected chi connectivity index (χ0v) is 12.8. The van der Waals surface area contributed by atoms with E-state index in [0.29, 0.717) is 17.2 Å². The molecule has 104 valence electrons. The van der Waals surface area contributed by atoms with E-state index < -0.39 is 0 Å². The van der Waals surface area contributed by atoms with E-state index in [2.05, 4.69) is 31.0 Å². The Kier molecular flexibility index (Phi) is 4.27. The summed E-state index contributed by atoms with van der Waals surface area (Å²) in [6.07, 6.45) is 4.76. The van der Waals surface area contributed by atoms with E-state index in [1.165, 1.54) is 19.3 Å². The molecule has 1 aliphatic heterocycles. The van der Waals surface area contributed by atoms with Gasteiger partial charge < -0.3 is 4.90 Å². The fraction of sp³-hybridized carbons (Fsp3) is 0.929. The first-order valence-electron chi connectivity index (χ1n) is 7.25. The van der Waals surface area contributed by atoms with Crippen LogP contribution in [0.1, 0.15) is 53.4 Å². The molecule has 0 spiro atoms. The minimum Gasteiger partial charge on any atom is -0.322 e. The Hall–Kier alpha value is -0.220. The van der Waals surface area contributed by atoms with E-state index in [1.807, 2.05) is 18.7 Å². The van der Waals surface area contributed by atoms with Crippen molar-refractivity contribution in [2.24, 2.45) is 0 Å². The van der Waals surface area contributed by atoms with Crippen LogP contribution in [0.2, 0.25) is 0 Å². The molecule has 1 aliphatic carbocycles. The van der Waals surface area contributed by atoms with Crippen LogP contribution in [0, 0.1) is 0 Å². The summed E-state index contributed by atoms with van der Waals surface area (Å²) in [6, 6.07) is 0.443. The topological polar surface area (TPSA) is 32.3 Å². The van der Waals surface area contributed by atoms with Crippen LogP contribution in [0.25, 0.3) is 0 Å². The van der Waals surface area contributed by atoms with Crippen molar-refractivity contribution >= 4 is 17.7 Å². The molecule has 1 heterocycles. The summed E-state index contributed by atoms with van der Waals surface area (Å²) in [5.74, 6) is 1.46. The van der Waals surface area contributed by atoms with E-state index in [0.717, 1.165) is 12.2 Å². The molecule has 1 saturated heterocycles. The van der Waals surface area contributed by atoms with Gasteiger partial charge in [0.25, 0.3) is 0 Å². The molecule has 4 heteroatoms. The van der Waals surface area contributed by atoms with Crippen LogP contribution in [-0.4, -0.2) is 39.6 Å². The van der Waals surface area contributed by atoms with Crippen molar-refractivity contribution in [2.75, 3.05) is 5.75 Å². The number of hydrogen-bond acceptors (Lipinski definition) is 3. The Morgan fingerprint density at radius 2 is 2.17 bits per heavy atom. The maximum atomic E-state index is 12.7. The Bertz CT molecular complexity index is 323. The van der Waals surface area contributed by atoms with Crippen molar-refractivity contribution in [3.8, 4) is 0 Å². The molecule has 0 bridgehead atoms. The lowest BCUT2D eigenvalue weighted by atomic mass is 9.99. The van der Waals surface area contributed by atoms with Gasteiger partial charge in [0.1, 0.15) is 0 Å². The highest BCUT2D eigenvalue weighted by Crippen LogP contribution is 2.37. The zero-order chi connectivity index (χ0) is 13.3. The van der Waals surface area contributed by atoms with Gasteiger partial charge in [0.2, 0.25) is 5.91 Å². The third kappa shape index (κ3) is 2.29. The van der Waals surface area contributed by atoms with Crippen LogP contribution in [0.5, 0.6) is 0 Å². The van der Waals surface area contributed by atoms with Crippen molar-refractivity contribution in [1.82, 2.24) is 10.2 Å². The number of carbonyl (C=O) groups is 1. The average Bonchev–Trinajstić information content (AvgIpc) is 2.85. The number of thioether (sulfide) groups is 1. The second-order valence-electron chi connectivity index (χ2n) is 5.71. The third-order valence-corrected chi connectivity index (χ3v) is 5.83. The first-order chi connectivity index (χ1) is 8.53. The lowest BCUT2D eigenvalue weighted by Crippen LogP contribution is -2.47. The van der Waals surface area contributed by atoms with Gasteiger partial charge in [0, 0.05) is 11.3 Å². The summed E-state index contributed by atoms with van der Waals surface area (Å²) in [5, 5.41) is 4.13. The first kappa shape index (κ1) is 14.2. The molecule has 4 atom stereocenters. The summed E-state index contributed by atoms with van der Waals surface area (Å²) >= 11 is 2.02. The molecule has 2 aliphatic rings. The van der Waals surface area contributed by atoms with Crippen LogP contribution in [0.4, 0.5) is 0 Å². The molecule has 0 aromatic rings. The van der Waals surface area contributed by atoms with Crippen LogP contribution < -0.4 is 5.32 Å². The maximum Gasteiger partial charge on any atom is 0.244 e. The SMILES string of the molecule is CCSC1CCCC1N1C(=O)C(C)(CC)NC1C. The van der Waals surface area contributed by atoms with Crippen LogP contribution in [0.3, 0.4) is 0 Å². The first-order valence-corrected chi connectivity index (χ1v) is 8.30. The van der Waals surface area contributed by atoms with Gasteiger partial charge in [-0.3, -0.25) is 10.1 Å². The summed E-state index contributed by atoms with van der Waals surface area (Å²) in [5.41, 5.74) is -0.344. The smallest absolute Gasteiger partial charge is 0.244 e. The molecule has 1 N–H and O–H groups in total. The monoisotopic (exact) mass is 270 g/mol. The molecule has 0 aromatic carbocycles. The average molecular weight is 270 g/mol. The molecule has 2 rings (SSSR count). The van der Waals surface area contributed by atoms with Crippen LogP contribution in [-0.2, 0) is 4.79 Å². The number of carbonyl (C=O) groups excluding carboxylic acids is 1. The van der Waals surface area contributed by atoms with E-state index >= 15 is 0 Å². The highest BCUT2D eigenvalue weighted by atomic mass is 32.2. The zero-order valence-electron chi connectivity index (χ0n) is 12.0. The fourth-order valence-corrected chi connectivity index (χ4v) is 4.63. The second-order valence-corrected chi connectivity index (χ2v) is 7.23. The number of nitrogens with zero attached hydrogens (tertiary/aromatic N) is 1. The normalized spacial score (nSPS) is 40.8. The summed E-state index contributed by atoms with van der Waals surface area (Å²) in [7, 11) is 0. The summed E-state index contributed by atoms with van der Waals surface area (Å²) in [6.45, 7) is 8.48. The van der Waals surface area contributed by atoms with Crippen molar-refractivity contribution in [3.63, 3.8) is 0 Å². The minimum absolute atomic E-state index is 0.186. The lowest BCUT2D eigenvalue weighted by molar-refractivity contribution is -0.134. The highest BCUT2D eigenvalue weighted by Gasteiger charge is 2.49. The molecular weight excluding hydrogens is 244 g/mol. The Morgan fingerprint density at radius 3 is 2.72 bits per heavy atom. The van der Waals surface area contributed by atoms with Gasteiger partial charge in [0.15, 0.2) is 0 Å². The van der Waals surface area contributed by atoms with Crippen LogP contribution >= 0.6 is 11.8 Å². The van der Waals surface area contributed by atoms with Gasteiger partial charge in [-0.1, -0.05) is 20.3 Å². The molecule has 18 heavy (non-hydrogen) atoms. The van der Waals surface area contributed by atoms with Crippen molar-refractivity contribution < 1.29 is 4.79 Å². The highest BCUT2D eigenvalue weighted by molar-refractivity contribution is 7.99. The molecular formula is C14H26N2OS. The van der Waals surface area contributed by atoms with Gasteiger partial charge in [-0.05, 0) is 38.9 Å². The summed E-state index contributed by atoms with van der Waals surface area (Å²) in [4.78, 5) is 14.8. The third-order valence-electron chi connectivity index (χ3n) is 4.51. The van der Waals surface area contributed by atoms with Gasteiger partial charge in [-0.15, -0.1) is 0 Å². The predicted octanol–water partition coefficient (Wildman–Crippen LogP) is 2.61. The number of hydrogen-bond donors (Lipinski definition) is 1. The number of rotatable bonds is 4. The second kappa shape index (κ2) is 5.41. The minimum atomic E-state index is -0.344. The molecule has 4 unspecified atom stereocenters. The Morgan fingerprint density at radius 1 is 1.44 bits per heavy atom. The van der Waals surface area contributed by atoms with Gasteiger partial charge >= 0.3 is 0 Å². The lowest BCUT2D eigenvalue weighted by Gasteiger charge is -2.32. The quantitative estimate of drug-likeness (QED) is 0.852. The fourth-order valence-electron chi connectivity index (χ4n) is 3.38. The molecule has 1 saturated carbocycles. The van der Waals surface area contributed by atoms with Gasteiger partial charge in [0.05, 0.1) is 11.7 Å². The molecule has 0 aromatic heterocycles. The van der Waals surface area contributed by atoms with Gasteiger partial charge in [-0.25, -0.2) is 0 Å². The van der Waals surface area contributed by atoms with Crippen molar-refractivity contribution in [3.05, 3.63) is 0 Å². The number of nitrogens with one attached hydrogen (secondary N) is 1. The molecule has 2 fully saturated rings. The van der Waals surface area contributed by atoms with E-state index in [4.69, 9.17) is 0 Å². The van der Waals surface area contributed by atoms with Crippen molar-refractivity contribution in [2.45, 2.75) is 76.4 Å². The number of amides is 1. The van der Waals surface area contributed by atoms with Gasteiger partial charge in [-0.2, -0.15) is 11.8 Å². The Balaban J connectivity index is 2.15.